The van der Waals surface area contributed by atoms with Crippen molar-refractivity contribution in [1.82, 2.24) is 9.97 Å². The summed E-state index contributed by atoms with van der Waals surface area (Å²) in [5.74, 6) is 0.463. The van der Waals surface area contributed by atoms with Crippen LogP contribution >= 0.6 is 15.9 Å². The predicted octanol–water partition coefficient (Wildman–Crippen LogP) is 4.61. The number of nitrogens with two attached hydrogens (primary N) is 1. The molecule has 0 aliphatic heterocycles. The van der Waals surface area contributed by atoms with Crippen LogP contribution in [0.2, 0.25) is 18.1 Å². The van der Waals surface area contributed by atoms with Crippen molar-refractivity contribution in [2.24, 2.45) is 0 Å². The van der Waals surface area contributed by atoms with Crippen LogP contribution in [0.1, 0.15) is 52.1 Å². The minimum Gasteiger partial charge on any atom is -0.414 e. The Bertz CT molecular complexity index is 515. The molecular weight excluding hydrogens is 358 g/mol. The minimum atomic E-state index is -1.74. The molecule has 1 aromatic rings. The van der Waals surface area contributed by atoms with Crippen LogP contribution in [0.3, 0.4) is 0 Å². The van der Waals surface area contributed by atoms with Crippen LogP contribution in [0.4, 0.5) is 5.82 Å². The average Bonchev–Trinajstić information content (AvgIpc) is 2.37. The lowest BCUT2D eigenvalue weighted by atomic mass is 9.85. The summed E-state index contributed by atoms with van der Waals surface area (Å²) in [5.41, 5.74) is 6.61. The molecule has 2 atom stereocenters. The van der Waals surface area contributed by atoms with Crippen molar-refractivity contribution in [3.05, 3.63) is 18.1 Å². The van der Waals surface area contributed by atoms with Gasteiger partial charge in [0.2, 0.25) is 0 Å². The van der Waals surface area contributed by atoms with E-state index in [0.29, 0.717) is 5.82 Å². The van der Waals surface area contributed by atoms with E-state index in [4.69, 9.17) is 10.2 Å². The maximum absolute atomic E-state index is 6.62. The third-order valence-electron chi connectivity index (χ3n) is 5.05. The molecule has 1 aromatic heterocycles. The molecule has 22 heavy (non-hydrogen) atoms. The number of halogens is 1. The summed E-state index contributed by atoms with van der Waals surface area (Å²) in [6.07, 6.45) is 7.98. The molecule has 2 rings (SSSR count). The normalized spacial score (nSPS) is 26.9. The second-order valence-electron chi connectivity index (χ2n) is 7.89. The Labute approximate surface area is 143 Å². The Morgan fingerprint density at radius 2 is 2.00 bits per heavy atom. The van der Waals surface area contributed by atoms with Gasteiger partial charge in [-0.1, -0.05) is 36.7 Å². The fraction of sp³-hybridized carbons (Fsp3) is 0.750. The number of nitrogen functional groups attached to an aromatic ring is 1. The molecule has 124 valence electrons. The molecule has 0 spiro atoms. The predicted molar refractivity (Wildman–Crippen MR) is 97.6 cm³/mol. The number of hydrogen-bond acceptors (Lipinski definition) is 4. The first-order valence-corrected chi connectivity index (χ1v) is 11.7. The third-order valence-corrected chi connectivity index (χ3v) is 10.7. The minimum absolute atomic E-state index is 0.140. The number of hydrogen-bond donors (Lipinski definition) is 1. The number of aromatic nitrogens is 2. The molecule has 0 saturated heterocycles. The fourth-order valence-electron chi connectivity index (χ4n) is 2.67. The maximum atomic E-state index is 6.62. The first kappa shape index (κ1) is 17.9. The maximum Gasteiger partial charge on any atom is 0.192 e. The zero-order valence-electron chi connectivity index (χ0n) is 14.3. The van der Waals surface area contributed by atoms with Crippen LogP contribution in [0, 0.1) is 0 Å². The van der Waals surface area contributed by atoms with Gasteiger partial charge < -0.3 is 10.2 Å². The standard InChI is InChI=1S/C16H28BrN3OSi/c1-15(2,3)22(4,5)21-12-7-6-8-16(17,9-12)13-10-20-14(18)11-19-13/h10-12H,6-9H2,1-5H3,(H2,18,20). The Morgan fingerprint density at radius 3 is 2.55 bits per heavy atom. The van der Waals surface area contributed by atoms with Crippen molar-refractivity contribution in [1.29, 1.82) is 0 Å². The smallest absolute Gasteiger partial charge is 0.192 e. The summed E-state index contributed by atoms with van der Waals surface area (Å²) in [7, 11) is -1.74. The molecule has 1 heterocycles. The summed E-state index contributed by atoms with van der Waals surface area (Å²) in [5, 5.41) is 0.237. The van der Waals surface area contributed by atoms with Crippen LogP contribution in [0.5, 0.6) is 0 Å². The zero-order valence-corrected chi connectivity index (χ0v) is 16.9. The van der Waals surface area contributed by atoms with E-state index in [1.54, 1.807) is 12.4 Å². The quantitative estimate of drug-likeness (QED) is 0.609. The molecule has 0 aromatic carbocycles. The van der Waals surface area contributed by atoms with Crippen molar-refractivity contribution in [2.75, 3.05) is 5.73 Å². The first-order valence-electron chi connectivity index (χ1n) is 7.98. The van der Waals surface area contributed by atoms with Crippen LogP contribution < -0.4 is 5.73 Å². The van der Waals surface area contributed by atoms with Gasteiger partial charge in [-0.05, 0) is 43.8 Å². The summed E-state index contributed by atoms with van der Waals surface area (Å²) in [4.78, 5) is 8.67. The molecule has 0 amide bonds. The van der Waals surface area contributed by atoms with Crippen molar-refractivity contribution < 1.29 is 4.43 Å². The third kappa shape index (κ3) is 3.89. The highest BCUT2D eigenvalue weighted by molar-refractivity contribution is 9.09. The van der Waals surface area contributed by atoms with Gasteiger partial charge in [0.15, 0.2) is 8.32 Å². The van der Waals surface area contributed by atoms with Gasteiger partial charge in [0.05, 0.1) is 22.4 Å². The molecule has 4 nitrogen and oxygen atoms in total. The second-order valence-corrected chi connectivity index (χ2v) is 14.2. The Morgan fingerprint density at radius 1 is 1.32 bits per heavy atom. The molecule has 2 unspecified atom stereocenters. The van der Waals surface area contributed by atoms with Gasteiger partial charge in [0, 0.05) is 6.10 Å². The van der Waals surface area contributed by atoms with Crippen LogP contribution in [-0.2, 0) is 8.75 Å². The molecular formula is C16H28BrN3OSi. The summed E-state index contributed by atoms with van der Waals surface area (Å²) in [6.45, 7) is 11.5. The number of alkyl halides is 1. The van der Waals surface area contributed by atoms with Gasteiger partial charge in [-0.25, -0.2) is 4.98 Å². The van der Waals surface area contributed by atoms with Crippen molar-refractivity contribution in [3.8, 4) is 0 Å². The SMILES string of the molecule is CC(C)(C)[Si](C)(C)OC1CCCC(Br)(c2cnc(N)cn2)C1. The van der Waals surface area contributed by atoms with Crippen molar-refractivity contribution in [2.45, 2.75) is 75.0 Å². The van der Waals surface area contributed by atoms with E-state index in [1.807, 2.05) is 0 Å². The van der Waals surface area contributed by atoms with Gasteiger partial charge in [-0.2, -0.15) is 0 Å². The average molecular weight is 386 g/mol. The number of rotatable bonds is 3. The Kier molecular flexibility index (Phi) is 5.05. The molecule has 6 heteroatoms. The molecule has 1 saturated carbocycles. The van der Waals surface area contributed by atoms with E-state index in [1.165, 1.54) is 0 Å². The summed E-state index contributed by atoms with van der Waals surface area (Å²) < 4.78 is 6.48. The number of anilines is 1. The lowest BCUT2D eigenvalue weighted by Crippen LogP contribution is -2.46. The highest BCUT2D eigenvalue weighted by Crippen LogP contribution is 2.47. The van der Waals surface area contributed by atoms with Gasteiger partial charge in [-0.3, -0.25) is 4.98 Å². The second kappa shape index (κ2) is 6.21. The molecule has 2 N–H and O–H groups in total. The van der Waals surface area contributed by atoms with Crippen LogP contribution in [0.25, 0.3) is 0 Å². The van der Waals surface area contributed by atoms with E-state index < -0.39 is 8.32 Å². The van der Waals surface area contributed by atoms with Crippen LogP contribution in [0.15, 0.2) is 12.4 Å². The summed E-state index contributed by atoms with van der Waals surface area (Å²) >= 11 is 3.92. The topological polar surface area (TPSA) is 61.0 Å². The van der Waals surface area contributed by atoms with Gasteiger partial charge in [0.1, 0.15) is 5.82 Å². The highest BCUT2D eigenvalue weighted by Gasteiger charge is 2.43. The molecule has 1 aliphatic carbocycles. The molecule has 1 aliphatic rings. The molecule has 1 fully saturated rings. The first-order chi connectivity index (χ1) is 10.0. The monoisotopic (exact) mass is 385 g/mol. The van der Waals surface area contributed by atoms with E-state index >= 15 is 0 Å². The van der Waals surface area contributed by atoms with Crippen molar-refractivity contribution >= 4 is 30.1 Å². The highest BCUT2D eigenvalue weighted by atomic mass is 79.9. The zero-order chi connectivity index (χ0) is 16.6. The molecule has 0 bridgehead atoms. The Balaban J connectivity index is 2.13. The summed E-state index contributed by atoms with van der Waals surface area (Å²) in [6, 6.07) is 0. The largest absolute Gasteiger partial charge is 0.414 e. The van der Waals surface area contributed by atoms with Gasteiger partial charge in [-0.15, -0.1) is 0 Å². The van der Waals surface area contributed by atoms with E-state index in [2.05, 4.69) is 59.8 Å². The fourth-order valence-corrected chi connectivity index (χ4v) is 4.91. The van der Waals surface area contributed by atoms with E-state index in [9.17, 15) is 0 Å². The molecule has 0 radical (unpaired) electrons. The van der Waals surface area contributed by atoms with Gasteiger partial charge in [0.25, 0.3) is 0 Å². The lowest BCUT2D eigenvalue weighted by Gasteiger charge is -2.43. The van der Waals surface area contributed by atoms with Crippen LogP contribution in [-0.4, -0.2) is 24.4 Å². The lowest BCUT2D eigenvalue weighted by molar-refractivity contribution is 0.120. The number of nitrogens with zero attached hydrogens (tertiary/aromatic N) is 2. The van der Waals surface area contributed by atoms with E-state index in [0.717, 1.165) is 31.4 Å². The van der Waals surface area contributed by atoms with E-state index in [-0.39, 0.29) is 15.5 Å². The van der Waals surface area contributed by atoms with Crippen molar-refractivity contribution in [3.63, 3.8) is 0 Å². The Hall–Kier alpha value is -0.463. The van der Waals surface area contributed by atoms with Gasteiger partial charge >= 0.3 is 0 Å².